The third-order valence-corrected chi connectivity index (χ3v) is 4.43. The number of nitrogens with zero attached hydrogens (tertiary/aromatic N) is 1. The van der Waals surface area contributed by atoms with E-state index in [0.29, 0.717) is 5.56 Å². The van der Waals surface area contributed by atoms with Crippen LogP contribution in [0.4, 0.5) is 5.69 Å². The standard InChI is InChI=1S/C20H23N3O2/c24-19(15-21-20(25)16-7-3-1-4-8-16)22-17-11-13-23(14-12-17)18-9-5-2-6-10-18/h1-10,17H,11-15H2,(H,21,25)(H,22,24). The quantitative estimate of drug-likeness (QED) is 0.879. The monoisotopic (exact) mass is 337 g/mol. The van der Waals surface area contributed by atoms with Crippen molar-refractivity contribution in [3.8, 4) is 0 Å². The number of para-hydroxylation sites is 1. The fourth-order valence-corrected chi connectivity index (χ4v) is 3.05. The van der Waals surface area contributed by atoms with E-state index in [1.54, 1.807) is 24.3 Å². The van der Waals surface area contributed by atoms with Crippen LogP contribution in [0.1, 0.15) is 23.2 Å². The van der Waals surface area contributed by atoms with E-state index < -0.39 is 0 Å². The molecule has 1 aliphatic rings. The van der Waals surface area contributed by atoms with Gasteiger partial charge in [-0.15, -0.1) is 0 Å². The SMILES string of the molecule is O=C(CNC(=O)c1ccccc1)NC1CCN(c2ccccc2)CC1. The number of amides is 2. The maximum atomic E-state index is 12.1. The molecule has 2 aromatic carbocycles. The number of carbonyl (C=O) groups is 2. The third-order valence-electron chi connectivity index (χ3n) is 4.43. The lowest BCUT2D eigenvalue weighted by Gasteiger charge is -2.34. The lowest BCUT2D eigenvalue weighted by Crippen LogP contribution is -2.47. The predicted octanol–water partition coefficient (Wildman–Crippen LogP) is 2.20. The van der Waals surface area contributed by atoms with Gasteiger partial charge in [-0.2, -0.15) is 0 Å². The summed E-state index contributed by atoms with van der Waals surface area (Å²) in [6.45, 7) is 1.85. The van der Waals surface area contributed by atoms with Crippen molar-refractivity contribution in [1.29, 1.82) is 0 Å². The number of benzene rings is 2. The van der Waals surface area contributed by atoms with Crippen LogP contribution in [0.3, 0.4) is 0 Å². The van der Waals surface area contributed by atoms with Crippen molar-refractivity contribution in [3.63, 3.8) is 0 Å². The average Bonchev–Trinajstić information content (AvgIpc) is 2.68. The van der Waals surface area contributed by atoms with Gasteiger partial charge < -0.3 is 15.5 Å². The van der Waals surface area contributed by atoms with Crippen LogP contribution in [0, 0.1) is 0 Å². The molecular weight excluding hydrogens is 314 g/mol. The first-order valence-electron chi connectivity index (χ1n) is 8.65. The zero-order valence-corrected chi connectivity index (χ0v) is 14.2. The first-order chi connectivity index (χ1) is 12.2. The summed E-state index contributed by atoms with van der Waals surface area (Å²) < 4.78 is 0. The van der Waals surface area contributed by atoms with E-state index >= 15 is 0 Å². The molecule has 1 fully saturated rings. The molecule has 1 aliphatic heterocycles. The molecule has 0 saturated carbocycles. The molecule has 2 aromatic rings. The zero-order valence-electron chi connectivity index (χ0n) is 14.2. The van der Waals surface area contributed by atoms with E-state index in [9.17, 15) is 9.59 Å². The topological polar surface area (TPSA) is 61.4 Å². The Bertz CT molecular complexity index is 695. The molecule has 0 atom stereocenters. The fourth-order valence-electron chi connectivity index (χ4n) is 3.05. The molecular formula is C20H23N3O2. The van der Waals surface area contributed by atoms with Gasteiger partial charge in [0, 0.05) is 30.4 Å². The Morgan fingerprint density at radius 3 is 2.16 bits per heavy atom. The average molecular weight is 337 g/mol. The van der Waals surface area contributed by atoms with Gasteiger partial charge >= 0.3 is 0 Å². The molecule has 5 heteroatoms. The molecule has 2 amide bonds. The first kappa shape index (κ1) is 17.0. The summed E-state index contributed by atoms with van der Waals surface area (Å²) in [5, 5.41) is 5.68. The molecule has 3 rings (SSSR count). The molecule has 2 N–H and O–H groups in total. The summed E-state index contributed by atoms with van der Waals surface area (Å²) in [6.07, 6.45) is 1.82. The van der Waals surface area contributed by atoms with Gasteiger partial charge in [-0.05, 0) is 37.1 Å². The number of carbonyl (C=O) groups excluding carboxylic acids is 2. The minimum Gasteiger partial charge on any atom is -0.371 e. The van der Waals surface area contributed by atoms with Crippen molar-refractivity contribution in [3.05, 3.63) is 66.2 Å². The Hall–Kier alpha value is -2.82. The number of piperidine rings is 1. The third kappa shape index (κ3) is 4.83. The molecule has 1 saturated heterocycles. The van der Waals surface area contributed by atoms with E-state index in [-0.39, 0.29) is 24.4 Å². The molecule has 25 heavy (non-hydrogen) atoms. The molecule has 5 nitrogen and oxygen atoms in total. The van der Waals surface area contributed by atoms with Crippen LogP contribution in [0.25, 0.3) is 0 Å². The van der Waals surface area contributed by atoms with Crippen molar-refractivity contribution in [2.75, 3.05) is 24.5 Å². The molecule has 0 aliphatic carbocycles. The number of hydrogen-bond donors (Lipinski definition) is 2. The smallest absolute Gasteiger partial charge is 0.251 e. The highest BCUT2D eigenvalue weighted by Crippen LogP contribution is 2.19. The molecule has 0 radical (unpaired) electrons. The van der Waals surface area contributed by atoms with Crippen molar-refractivity contribution in [2.45, 2.75) is 18.9 Å². The van der Waals surface area contributed by atoms with Gasteiger partial charge in [0.25, 0.3) is 5.91 Å². The molecule has 0 aromatic heterocycles. The van der Waals surface area contributed by atoms with Gasteiger partial charge in [-0.3, -0.25) is 9.59 Å². The highest BCUT2D eigenvalue weighted by molar-refractivity contribution is 5.96. The summed E-state index contributed by atoms with van der Waals surface area (Å²) in [5.74, 6) is -0.364. The van der Waals surface area contributed by atoms with Crippen molar-refractivity contribution in [1.82, 2.24) is 10.6 Å². The summed E-state index contributed by atoms with van der Waals surface area (Å²) in [7, 11) is 0. The second-order valence-corrected chi connectivity index (χ2v) is 6.21. The molecule has 0 unspecified atom stereocenters. The minimum absolute atomic E-state index is 0.00657. The predicted molar refractivity (Wildman–Crippen MR) is 98.6 cm³/mol. The lowest BCUT2D eigenvalue weighted by molar-refractivity contribution is -0.120. The van der Waals surface area contributed by atoms with E-state index in [1.165, 1.54) is 5.69 Å². The van der Waals surface area contributed by atoms with E-state index in [4.69, 9.17) is 0 Å². The van der Waals surface area contributed by atoms with Gasteiger partial charge in [0.05, 0.1) is 6.54 Å². The Morgan fingerprint density at radius 1 is 0.920 bits per heavy atom. The van der Waals surface area contributed by atoms with Crippen LogP contribution in [-0.2, 0) is 4.79 Å². The van der Waals surface area contributed by atoms with Crippen molar-refractivity contribution >= 4 is 17.5 Å². The second-order valence-electron chi connectivity index (χ2n) is 6.21. The first-order valence-corrected chi connectivity index (χ1v) is 8.65. The largest absolute Gasteiger partial charge is 0.371 e. The number of hydrogen-bond acceptors (Lipinski definition) is 3. The van der Waals surface area contributed by atoms with Crippen LogP contribution >= 0.6 is 0 Å². The van der Waals surface area contributed by atoms with E-state index in [0.717, 1.165) is 25.9 Å². The maximum Gasteiger partial charge on any atom is 0.251 e. The van der Waals surface area contributed by atoms with E-state index in [2.05, 4.69) is 27.7 Å². The second kappa shape index (κ2) is 8.33. The molecule has 0 bridgehead atoms. The normalized spacial score (nSPS) is 14.8. The number of rotatable bonds is 5. The Morgan fingerprint density at radius 2 is 1.52 bits per heavy atom. The van der Waals surface area contributed by atoms with Crippen molar-refractivity contribution in [2.24, 2.45) is 0 Å². The van der Waals surface area contributed by atoms with Crippen molar-refractivity contribution < 1.29 is 9.59 Å². The molecule has 0 spiro atoms. The highest BCUT2D eigenvalue weighted by atomic mass is 16.2. The Labute approximate surface area is 148 Å². The minimum atomic E-state index is -0.227. The number of anilines is 1. The van der Waals surface area contributed by atoms with Gasteiger partial charge in [-0.1, -0.05) is 36.4 Å². The van der Waals surface area contributed by atoms with Crippen LogP contribution in [-0.4, -0.2) is 37.5 Å². The summed E-state index contributed by atoms with van der Waals surface area (Å²) in [6, 6.07) is 19.4. The summed E-state index contributed by atoms with van der Waals surface area (Å²) in [4.78, 5) is 26.3. The highest BCUT2D eigenvalue weighted by Gasteiger charge is 2.20. The van der Waals surface area contributed by atoms with Gasteiger partial charge in [0.1, 0.15) is 0 Å². The van der Waals surface area contributed by atoms with Crippen LogP contribution < -0.4 is 15.5 Å². The lowest BCUT2D eigenvalue weighted by atomic mass is 10.0. The zero-order chi connectivity index (χ0) is 17.5. The molecule has 130 valence electrons. The van der Waals surface area contributed by atoms with Crippen LogP contribution in [0.15, 0.2) is 60.7 Å². The van der Waals surface area contributed by atoms with Gasteiger partial charge in [-0.25, -0.2) is 0 Å². The summed E-state index contributed by atoms with van der Waals surface area (Å²) in [5.41, 5.74) is 1.79. The molecule has 1 heterocycles. The Balaban J connectivity index is 1.40. The van der Waals surface area contributed by atoms with Gasteiger partial charge in [0.15, 0.2) is 0 Å². The maximum absolute atomic E-state index is 12.1. The number of nitrogens with one attached hydrogen (secondary N) is 2. The Kier molecular flexibility index (Phi) is 5.67. The fraction of sp³-hybridized carbons (Fsp3) is 0.300. The van der Waals surface area contributed by atoms with E-state index in [1.807, 2.05) is 24.3 Å². The van der Waals surface area contributed by atoms with Crippen LogP contribution in [0.5, 0.6) is 0 Å². The van der Waals surface area contributed by atoms with Crippen LogP contribution in [0.2, 0.25) is 0 Å². The summed E-state index contributed by atoms with van der Waals surface area (Å²) >= 11 is 0. The van der Waals surface area contributed by atoms with Gasteiger partial charge in [0.2, 0.25) is 5.91 Å².